The fraction of sp³-hybridized carbons (Fsp3) is 0.600. The molecule has 0 aromatic carbocycles. The molecule has 142 valence electrons. The molecule has 1 aliphatic heterocycles. The molecule has 0 bridgehead atoms. The molecule has 1 fully saturated rings. The summed E-state index contributed by atoms with van der Waals surface area (Å²) in [4.78, 5) is 7.88. The standard InChI is InChI=1S/C15H22F3N5S.HI/c1-19-14(23-10-11-4-3-9-24-11)22-8-7-21-13-12(15(16,17)18)5-2-6-20-13;/h2,5-6,11H,3-4,7-10H2,1H3,(H,20,21)(H2,19,22,23);1H. The first kappa shape index (κ1) is 22.1. The average molecular weight is 489 g/mol. The van der Waals surface area contributed by atoms with E-state index in [1.54, 1.807) is 7.05 Å². The molecule has 2 heterocycles. The van der Waals surface area contributed by atoms with Gasteiger partial charge in [-0.15, -0.1) is 24.0 Å². The topological polar surface area (TPSA) is 61.3 Å². The molecule has 0 radical (unpaired) electrons. The molecule has 0 saturated carbocycles. The maximum absolute atomic E-state index is 12.9. The largest absolute Gasteiger partial charge is 0.419 e. The van der Waals surface area contributed by atoms with Gasteiger partial charge in [-0.1, -0.05) is 0 Å². The number of rotatable bonds is 6. The molecule has 1 aromatic rings. The predicted molar refractivity (Wildman–Crippen MR) is 108 cm³/mol. The molecule has 0 aliphatic carbocycles. The molecule has 1 aromatic heterocycles. The molecule has 1 unspecified atom stereocenters. The van der Waals surface area contributed by atoms with Gasteiger partial charge in [-0.05, 0) is 30.7 Å². The molecule has 25 heavy (non-hydrogen) atoms. The van der Waals surface area contributed by atoms with E-state index in [4.69, 9.17) is 0 Å². The van der Waals surface area contributed by atoms with Crippen molar-refractivity contribution in [2.45, 2.75) is 24.3 Å². The van der Waals surface area contributed by atoms with Crippen molar-refractivity contribution in [3.8, 4) is 0 Å². The summed E-state index contributed by atoms with van der Waals surface area (Å²) in [6.45, 7) is 1.58. The number of hydrogen-bond acceptors (Lipinski definition) is 4. The van der Waals surface area contributed by atoms with Gasteiger partial charge in [0.25, 0.3) is 0 Å². The first-order valence-corrected chi connectivity index (χ1v) is 8.88. The molecule has 1 saturated heterocycles. The Hall–Kier alpha value is -0.910. The molecule has 10 heteroatoms. The van der Waals surface area contributed by atoms with Crippen LogP contribution in [0.5, 0.6) is 0 Å². The lowest BCUT2D eigenvalue weighted by molar-refractivity contribution is -0.137. The van der Waals surface area contributed by atoms with E-state index in [1.165, 1.54) is 30.9 Å². The SMILES string of the molecule is CN=C(NCCNc1ncccc1C(F)(F)F)NCC1CCCS1.I. The molecule has 0 spiro atoms. The van der Waals surface area contributed by atoms with Gasteiger partial charge in [0.05, 0.1) is 5.56 Å². The van der Waals surface area contributed by atoms with E-state index in [9.17, 15) is 13.2 Å². The summed E-state index contributed by atoms with van der Waals surface area (Å²) in [6.07, 6.45) is -0.625. The summed E-state index contributed by atoms with van der Waals surface area (Å²) >= 11 is 1.95. The Morgan fingerprint density at radius 1 is 1.36 bits per heavy atom. The zero-order valence-electron chi connectivity index (χ0n) is 13.9. The lowest BCUT2D eigenvalue weighted by Gasteiger charge is -2.16. The van der Waals surface area contributed by atoms with Crippen LogP contribution in [0.1, 0.15) is 18.4 Å². The van der Waals surface area contributed by atoms with Crippen LogP contribution in [0.2, 0.25) is 0 Å². The molecule has 0 amide bonds. The van der Waals surface area contributed by atoms with Crippen LogP contribution in [-0.2, 0) is 6.18 Å². The summed E-state index contributed by atoms with van der Waals surface area (Å²) in [5.41, 5.74) is -0.759. The van der Waals surface area contributed by atoms with E-state index < -0.39 is 11.7 Å². The number of nitrogens with one attached hydrogen (secondary N) is 3. The third-order valence-corrected chi connectivity index (χ3v) is 4.97. The first-order chi connectivity index (χ1) is 11.5. The van der Waals surface area contributed by atoms with Gasteiger partial charge in [-0.25, -0.2) is 4.98 Å². The second-order valence-electron chi connectivity index (χ2n) is 5.34. The number of aromatic nitrogens is 1. The van der Waals surface area contributed by atoms with Crippen LogP contribution >= 0.6 is 35.7 Å². The lowest BCUT2D eigenvalue weighted by atomic mass is 10.2. The maximum atomic E-state index is 12.9. The smallest absolute Gasteiger partial charge is 0.368 e. The average Bonchev–Trinajstić information content (AvgIpc) is 3.07. The van der Waals surface area contributed by atoms with Crippen molar-refractivity contribution < 1.29 is 13.2 Å². The second-order valence-corrected chi connectivity index (χ2v) is 6.75. The highest BCUT2D eigenvalue weighted by Crippen LogP contribution is 2.33. The van der Waals surface area contributed by atoms with Crippen LogP contribution in [0.15, 0.2) is 23.3 Å². The zero-order valence-corrected chi connectivity index (χ0v) is 17.0. The van der Waals surface area contributed by atoms with Crippen molar-refractivity contribution in [3.63, 3.8) is 0 Å². The van der Waals surface area contributed by atoms with E-state index in [-0.39, 0.29) is 29.8 Å². The van der Waals surface area contributed by atoms with E-state index in [0.717, 1.165) is 12.6 Å². The van der Waals surface area contributed by atoms with E-state index in [2.05, 4.69) is 25.9 Å². The van der Waals surface area contributed by atoms with Crippen LogP contribution < -0.4 is 16.0 Å². The Bertz CT molecular complexity index is 550. The highest BCUT2D eigenvalue weighted by atomic mass is 127. The van der Waals surface area contributed by atoms with Crippen molar-refractivity contribution in [1.82, 2.24) is 15.6 Å². The predicted octanol–water partition coefficient (Wildman–Crippen LogP) is 3.19. The highest BCUT2D eigenvalue weighted by Gasteiger charge is 2.33. The van der Waals surface area contributed by atoms with E-state index >= 15 is 0 Å². The van der Waals surface area contributed by atoms with Crippen LogP contribution in [0, 0.1) is 0 Å². The Labute approximate surface area is 167 Å². The van der Waals surface area contributed by atoms with Crippen molar-refractivity contribution in [3.05, 3.63) is 23.9 Å². The van der Waals surface area contributed by atoms with Crippen molar-refractivity contribution in [2.75, 3.05) is 37.8 Å². The fourth-order valence-electron chi connectivity index (χ4n) is 2.37. The molecule has 2 rings (SSSR count). The number of hydrogen-bond donors (Lipinski definition) is 3. The number of alkyl halides is 3. The van der Waals surface area contributed by atoms with Crippen LogP contribution in [0.4, 0.5) is 19.0 Å². The number of pyridine rings is 1. The number of nitrogens with zero attached hydrogens (tertiary/aromatic N) is 2. The van der Waals surface area contributed by atoms with Gasteiger partial charge in [0.2, 0.25) is 0 Å². The van der Waals surface area contributed by atoms with Crippen molar-refractivity contribution in [2.24, 2.45) is 4.99 Å². The van der Waals surface area contributed by atoms with Gasteiger partial charge in [0.15, 0.2) is 5.96 Å². The summed E-state index contributed by atoms with van der Waals surface area (Å²) < 4.78 is 38.6. The van der Waals surface area contributed by atoms with E-state index in [1.807, 2.05) is 11.8 Å². The minimum atomic E-state index is -4.42. The summed E-state index contributed by atoms with van der Waals surface area (Å²) in [5, 5.41) is 9.64. The van der Waals surface area contributed by atoms with Gasteiger partial charge in [-0.3, -0.25) is 4.99 Å². The van der Waals surface area contributed by atoms with Crippen LogP contribution in [0.3, 0.4) is 0 Å². The monoisotopic (exact) mass is 489 g/mol. The molecular formula is C15H23F3IN5S. The fourth-order valence-corrected chi connectivity index (χ4v) is 3.57. The van der Waals surface area contributed by atoms with Gasteiger partial charge >= 0.3 is 6.18 Å². The van der Waals surface area contributed by atoms with Crippen molar-refractivity contribution >= 4 is 47.5 Å². The summed E-state index contributed by atoms with van der Waals surface area (Å²) in [6, 6.07) is 2.29. The zero-order chi connectivity index (χ0) is 17.4. The minimum Gasteiger partial charge on any atom is -0.368 e. The normalized spacial score (nSPS) is 17.8. The van der Waals surface area contributed by atoms with Gasteiger partial charge < -0.3 is 16.0 Å². The third kappa shape index (κ3) is 7.47. The quantitative estimate of drug-likeness (QED) is 0.248. The van der Waals surface area contributed by atoms with Gasteiger partial charge in [0.1, 0.15) is 5.82 Å². The van der Waals surface area contributed by atoms with Crippen molar-refractivity contribution in [1.29, 1.82) is 0 Å². The number of anilines is 1. The molecular weight excluding hydrogens is 466 g/mol. The number of thioether (sulfide) groups is 1. The minimum absolute atomic E-state index is 0. The van der Waals surface area contributed by atoms with Crippen LogP contribution in [-0.4, -0.2) is 48.6 Å². The Balaban J connectivity index is 0.00000312. The van der Waals surface area contributed by atoms with Gasteiger partial charge in [0, 0.05) is 38.1 Å². The highest BCUT2D eigenvalue weighted by molar-refractivity contribution is 14.0. The molecule has 1 atom stereocenters. The number of halogens is 4. The lowest BCUT2D eigenvalue weighted by Crippen LogP contribution is -2.41. The summed E-state index contributed by atoms with van der Waals surface area (Å²) in [7, 11) is 1.67. The third-order valence-electron chi connectivity index (χ3n) is 3.57. The van der Waals surface area contributed by atoms with Gasteiger partial charge in [-0.2, -0.15) is 24.9 Å². The molecule has 5 nitrogen and oxygen atoms in total. The Morgan fingerprint density at radius 2 is 2.16 bits per heavy atom. The molecule has 3 N–H and O–H groups in total. The van der Waals surface area contributed by atoms with Crippen LogP contribution in [0.25, 0.3) is 0 Å². The maximum Gasteiger partial charge on any atom is 0.419 e. The first-order valence-electron chi connectivity index (χ1n) is 7.83. The molecule has 1 aliphatic rings. The Kier molecular flexibility index (Phi) is 9.69. The van der Waals surface area contributed by atoms with E-state index in [0.29, 0.717) is 24.3 Å². The number of aliphatic imine (C=N–C) groups is 1. The summed E-state index contributed by atoms with van der Waals surface area (Å²) in [5.74, 6) is 1.70. The Morgan fingerprint density at radius 3 is 2.80 bits per heavy atom. The second kappa shape index (κ2) is 10.9. The number of guanidine groups is 1.